The highest BCUT2D eigenvalue weighted by atomic mass is 35.5. The van der Waals surface area contributed by atoms with E-state index >= 15 is 0 Å². The summed E-state index contributed by atoms with van der Waals surface area (Å²) in [5.74, 6) is 1.43. The van der Waals surface area contributed by atoms with Crippen LogP contribution in [0.25, 0.3) is 11.3 Å². The molecule has 0 bridgehead atoms. The van der Waals surface area contributed by atoms with Crippen LogP contribution in [0.3, 0.4) is 0 Å². The van der Waals surface area contributed by atoms with Gasteiger partial charge < -0.3 is 14.8 Å². The quantitative estimate of drug-likeness (QED) is 0.600. The number of hydrogen-bond donors (Lipinski definition) is 1. The molecule has 0 spiro atoms. The van der Waals surface area contributed by atoms with E-state index in [1.165, 1.54) is 0 Å². The molecule has 8 heteroatoms. The molecule has 2 aromatic carbocycles. The van der Waals surface area contributed by atoms with E-state index in [4.69, 9.17) is 25.7 Å². The molecule has 1 heterocycles. The van der Waals surface area contributed by atoms with Gasteiger partial charge in [-0.3, -0.25) is 4.79 Å². The highest BCUT2D eigenvalue weighted by molar-refractivity contribution is 6.32. The van der Waals surface area contributed by atoms with Crippen LogP contribution in [-0.4, -0.2) is 29.4 Å². The second kappa shape index (κ2) is 9.23. The zero-order valence-electron chi connectivity index (χ0n) is 15.5. The molecule has 3 rings (SSSR count). The molecule has 0 radical (unpaired) electrons. The number of aromatic nitrogens is 2. The molecular weight excluding hydrogens is 382 g/mol. The molecule has 146 valence electrons. The van der Waals surface area contributed by atoms with Gasteiger partial charge in [0, 0.05) is 5.56 Å². The normalized spacial score (nSPS) is 10.7. The highest BCUT2D eigenvalue weighted by Crippen LogP contribution is 2.27. The lowest BCUT2D eigenvalue weighted by Gasteiger charge is -2.09. The van der Waals surface area contributed by atoms with Crippen LogP contribution in [0.2, 0.25) is 5.02 Å². The van der Waals surface area contributed by atoms with Gasteiger partial charge in [-0.05, 0) is 52.6 Å². The molecular formula is C20H20ClN3O4. The number of ether oxygens (including phenoxy) is 2. The van der Waals surface area contributed by atoms with Gasteiger partial charge in [-0.25, -0.2) is 4.63 Å². The molecule has 0 saturated heterocycles. The van der Waals surface area contributed by atoms with Gasteiger partial charge in [-0.1, -0.05) is 37.6 Å². The van der Waals surface area contributed by atoms with Gasteiger partial charge in [-0.2, -0.15) is 0 Å². The van der Waals surface area contributed by atoms with E-state index in [0.717, 1.165) is 11.3 Å². The maximum atomic E-state index is 12.2. The molecule has 28 heavy (non-hydrogen) atoms. The van der Waals surface area contributed by atoms with E-state index in [-0.39, 0.29) is 12.4 Å². The Morgan fingerprint density at radius 3 is 2.57 bits per heavy atom. The Kier molecular flexibility index (Phi) is 6.49. The third-order valence-electron chi connectivity index (χ3n) is 3.65. The Morgan fingerprint density at radius 2 is 1.86 bits per heavy atom. The average Bonchev–Trinajstić information content (AvgIpc) is 3.14. The summed E-state index contributed by atoms with van der Waals surface area (Å²) < 4.78 is 15.9. The van der Waals surface area contributed by atoms with E-state index in [0.29, 0.717) is 29.0 Å². The van der Waals surface area contributed by atoms with Crippen LogP contribution >= 0.6 is 11.6 Å². The third kappa shape index (κ3) is 5.23. The van der Waals surface area contributed by atoms with Crippen molar-refractivity contribution in [3.63, 3.8) is 0 Å². The molecule has 1 aromatic heterocycles. The molecule has 0 atom stereocenters. The van der Waals surface area contributed by atoms with Crippen molar-refractivity contribution < 1.29 is 18.9 Å². The van der Waals surface area contributed by atoms with E-state index in [1.807, 2.05) is 24.3 Å². The summed E-state index contributed by atoms with van der Waals surface area (Å²) >= 11 is 6.00. The lowest BCUT2D eigenvalue weighted by molar-refractivity contribution is -0.118. The topological polar surface area (TPSA) is 86.5 Å². The first-order valence-electron chi connectivity index (χ1n) is 8.76. The van der Waals surface area contributed by atoms with E-state index in [9.17, 15) is 4.79 Å². The molecule has 0 aliphatic heterocycles. The Labute approximate surface area is 167 Å². The Hall–Kier alpha value is -3.06. The summed E-state index contributed by atoms with van der Waals surface area (Å²) in [5, 5.41) is 10.7. The van der Waals surface area contributed by atoms with Gasteiger partial charge in [-0.15, -0.1) is 0 Å². The smallest absolute Gasteiger partial charge is 0.263 e. The monoisotopic (exact) mass is 401 g/mol. The van der Waals surface area contributed by atoms with Crippen molar-refractivity contribution in [2.24, 2.45) is 5.92 Å². The molecule has 0 fully saturated rings. The fraction of sp³-hybridized carbons (Fsp3) is 0.250. The summed E-state index contributed by atoms with van der Waals surface area (Å²) in [7, 11) is 0. The molecule has 7 nitrogen and oxygen atoms in total. The van der Waals surface area contributed by atoms with Gasteiger partial charge in [0.1, 0.15) is 11.5 Å². The maximum Gasteiger partial charge on any atom is 0.263 e. The fourth-order valence-electron chi connectivity index (χ4n) is 2.31. The lowest BCUT2D eigenvalue weighted by Crippen LogP contribution is -2.20. The van der Waals surface area contributed by atoms with E-state index in [1.54, 1.807) is 24.3 Å². The minimum atomic E-state index is -0.409. The molecule has 1 N–H and O–H groups in total. The summed E-state index contributed by atoms with van der Waals surface area (Å²) in [6.07, 6.45) is 0. The SMILES string of the molecule is CC(C)COc1ccc(-c2nonc2NC(=O)COc2ccccc2Cl)cc1. The minimum Gasteiger partial charge on any atom is -0.493 e. The van der Waals surface area contributed by atoms with Crippen LogP contribution < -0.4 is 14.8 Å². The zero-order chi connectivity index (χ0) is 19.9. The number of anilines is 1. The Morgan fingerprint density at radius 1 is 1.11 bits per heavy atom. The predicted molar refractivity (Wildman–Crippen MR) is 106 cm³/mol. The van der Waals surface area contributed by atoms with Gasteiger partial charge >= 0.3 is 0 Å². The van der Waals surface area contributed by atoms with Crippen LogP contribution in [-0.2, 0) is 4.79 Å². The summed E-state index contributed by atoms with van der Waals surface area (Å²) in [6, 6.07) is 14.2. The molecule has 0 saturated carbocycles. The second-order valence-electron chi connectivity index (χ2n) is 6.46. The number of hydrogen-bond acceptors (Lipinski definition) is 6. The largest absolute Gasteiger partial charge is 0.493 e. The van der Waals surface area contributed by atoms with Gasteiger partial charge in [0.05, 0.1) is 11.6 Å². The minimum absolute atomic E-state index is 0.212. The maximum absolute atomic E-state index is 12.2. The van der Waals surface area contributed by atoms with Crippen LogP contribution in [0.4, 0.5) is 5.82 Å². The van der Waals surface area contributed by atoms with Crippen molar-refractivity contribution in [2.45, 2.75) is 13.8 Å². The van der Waals surface area contributed by atoms with Crippen molar-refractivity contribution in [1.82, 2.24) is 10.3 Å². The van der Waals surface area contributed by atoms with Crippen molar-refractivity contribution in [3.8, 4) is 22.8 Å². The Balaban J connectivity index is 1.61. The predicted octanol–water partition coefficient (Wildman–Crippen LogP) is 4.44. The summed E-state index contributed by atoms with van der Waals surface area (Å²) in [5.41, 5.74) is 1.15. The van der Waals surface area contributed by atoms with Gasteiger partial charge in [0.2, 0.25) is 5.82 Å². The van der Waals surface area contributed by atoms with Gasteiger partial charge in [0.15, 0.2) is 12.3 Å². The van der Waals surface area contributed by atoms with Crippen molar-refractivity contribution in [1.29, 1.82) is 0 Å². The molecule has 0 unspecified atom stereocenters. The second-order valence-corrected chi connectivity index (χ2v) is 6.87. The number of rotatable bonds is 8. The number of nitrogens with one attached hydrogen (secondary N) is 1. The van der Waals surface area contributed by atoms with E-state index in [2.05, 4.69) is 29.5 Å². The number of amides is 1. The first-order valence-corrected chi connectivity index (χ1v) is 9.13. The number of nitrogens with zero attached hydrogens (tertiary/aromatic N) is 2. The fourth-order valence-corrected chi connectivity index (χ4v) is 2.50. The van der Waals surface area contributed by atoms with Crippen LogP contribution in [0.1, 0.15) is 13.8 Å². The number of para-hydroxylation sites is 1. The van der Waals surface area contributed by atoms with Crippen molar-refractivity contribution in [2.75, 3.05) is 18.5 Å². The van der Waals surface area contributed by atoms with Crippen LogP contribution in [0.5, 0.6) is 11.5 Å². The van der Waals surface area contributed by atoms with E-state index < -0.39 is 5.91 Å². The number of halogens is 1. The molecule has 0 aliphatic rings. The molecule has 0 aliphatic carbocycles. The Bertz CT molecular complexity index is 925. The molecule has 1 amide bonds. The number of carbonyl (C=O) groups is 1. The first-order chi connectivity index (χ1) is 13.5. The average molecular weight is 402 g/mol. The summed E-state index contributed by atoms with van der Waals surface area (Å²) in [6.45, 7) is 4.58. The zero-order valence-corrected chi connectivity index (χ0v) is 16.3. The lowest BCUT2D eigenvalue weighted by atomic mass is 10.1. The van der Waals surface area contributed by atoms with Crippen LogP contribution in [0.15, 0.2) is 53.2 Å². The third-order valence-corrected chi connectivity index (χ3v) is 3.97. The van der Waals surface area contributed by atoms with Gasteiger partial charge in [0.25, 0.3) is 5.91 Å². The first kappa shape index (κ1) is 19.7. The molecule has 3 aromatic rings. The highest BCUT2D eigenvalue weighted by Gasteiger charge is 2.16. The van der Waals surface area contributed by atoms with Crippen LogP contribution in [0, 0.1) is 5.92 Å². The number of benzene rings is 2. The standard InChI is InChI=1S/C20H20ClN3O4/c1-13(2)11-26-15-9-7-14(8-10-15)19-20(24-28-23-19)22-18(25)12-27-17-6-4-3-5-16(17)21/h3-10,13H,11-12H2,1-2H3,(H,22,24,25). The van der Waals surface area contributed by atoms with Crippen molar-refractivity contribution >= 4 is 23.3 Å². The number of carbonyl (C=O) groups excluding carboxylic acids is 1. The van der Waals surface area contributed by atoms with Crippen molar-refractivity contribution in [3.05, 3.63) is 53.6 Å². The summed E-state index contributed by atoms with van der Waals surface area (Å²) in [4.78, 5) is 12.2.